The first-order valence-corrected chi connectivity index (χ1v) is 9.50. The van der Waals surface area contributed by atoms with Gasteiger partial charge in [-0.05, 0) is 37.4 Å². The molecule has 0 aliphatic rings. The maximum absolute atomic E-state index is 11.9. The van der Waals surface area contributed by atoms with E-state index in [4.69, 9.17) is 13.9 Å². The lowest BCUT2D eigenvalue weighted by Crippen LogP contribution is -2.27. The molecule has 1 heterocycles. The fraction of sp³-hybridized carbons (Fsp3) is 0.318. The fourth-order valence-corrected chi connectivity index (χ4v) is 3.23. The number of hydrogen-bond acceptors (Lipinski definition) is 6. The number of aromatic hydroxyl groups is 1. The van der Waals surface area contributed by atoms with Crippen LogP contribution in [0.1, 0.15) is 24.2 Å². The highest BCUT2D eigenvalue weighted by Gasteiger charge is 2.24. The van der Waals surface area contributed by atoms with Crippen molar-refractivity contribution in [3.8, 4) is 28.6 Å². The number of carboxylic acids is 1. The second-order valence-electron chi connectivity index (χ2n) is 6.53. The van der Waals surface area contributed by atoms with E-state index in [1.54, 1.807) is 30.3 Å². The van der Waals surface area contributed by atoms with Crippen LogP contribution in [0.3, 0.4) is 0 Å². The van der Waals surface area contributed by atoms with Crippen LogP contribution < -0.4 is 9.47 Å². The highest BCUT2D eigenvalue weighted by molar-refractivity contribution is 6.08. The van der Waals surface area contributed by atoms with E-state index in [0.717, 1.165) is 19.6 Å². The number of rotatable bonds is 9. The molecule has 2 aromatic carbocycles. The van der Waals surface area contributed by atoms with Gasteiger partial charge in [0.15, 0.2) is 5.76 Å². The number of ether oxygens (including phenoxy) is 2. The number of hydrogen-bond donors (Lipinski definition) is 2. The number of nitrogens with zero attached hydrogens (tertiary/aromatic N) is 1. The number of aromatic carboxylic acids is 1. The predicted molar refractivity (Wildman–Crippen MR) is 110 cm³/mol. The molecule has 154 valence electrons. The lowest BCUT2D eigenvalue weighted by atomic mass is 10.0. The molecular formula is C22H25NO6. The average Bonchev–Trinajstić information content (AvgIpc) is 3.09. The Balaban J connectivity index is 1.91. The molecule has 0 amide bonds. The van der Waals surface area contributed by atoms with Gasteiger partial charge in [0.1, 0.15) is 35.0 Å². The highest BCUT2D eigenvalue weighted by Crippen LogP contribution is 2.40. The third-order valence-corrected chi connectivity index (χ3v) is 4.90. The first-order chi connectivity index (χ1) is 14.0. The number of benzene rings is 2. The molecule has 0 spiro atoms. The van der Waals surface area contributed by atoms with E-state index < -0.39 is 5.97 Å². The number of phenols is 1. The molecule has 0 saturated heterocycles. The molecule has 0 saturated carbocycles. The molecule has 29 heavy (non-hydrogen) atoms. The van der Waals surface area contributed by atoms with Crippen LogP contribution in [0, 0.1) is 0 Å². The highest BCUT2D eigenvalue weighted by atomic mass is 16.5. The second-order valence-corrected chi connectivity index (χ2v) is 6.53. The third-order valence-electron chi connectivity index (χ3n) is 4.90. The maximum Gasteiger partial charge on any atom is 0.340 e. The summed E-state index contributed by atoms with van der Waals surface area (Å²) in [6.07, 6.45) is 0. The largest absolute Gasteiger partial charge is 0.507 e. The van der Waals surface area contributed by atoms with Gasteiger partial charge in [0.05, 0.1) is 12.7 Å². The topological polar surface area (TPSA) is 92.4 Å². The Morgan fingerprint density at radius 3 is 2.45 bits per heavy atom. The lowest BCUT2D eigenvalue weighted by Gasteiger charge is -2.18. The Kier molecular flexibility index (Phi) is 6.29. The molecule has 1 aromatic heterocycles. The van der Waals surface area contributed by atoms with Gasteiger partial charge in [-0.15, -0.1) is 0 Å². The van der Waals surface area contributed by atoms with Gasteiger partial charge in [0.25, 0.3) is 0 Å². The molecule has 0 aliphatic carbocycles. The standard InChI is InChI=1S/C22H25NO6/c1-4-23(5-2)10-11-28-15-7-8-16(18(24)12-15)21-20(22(25)26)17-9-6-14(27-3)13-19(17)29-21/h6-9,12-13,24H,4-5,10-11H2,1-3H3,(H,25,26). The summed E-state index contributed by atoms with van der Waals surface area (Å²) >= 11 is 0. The molecule has 0 unspecified atom stereocenters. The van der Waals surface area contributed by atoms with Crippen LogP contribution in [0.5, 0.6) is 17.2 Å². The number of likely N-dealkylation sites (N-methyl/N-ethyl adjacent to an activating group) is 1. The molecule has 3 aromatic rings. The molecule has 2 N–H and O–H groups in total. The molecule has 0 bridgehead atoms. The van der Waals surface area contributed by atoms with Crippen molar-refractivity contribution in [1.82, 2.24) is 4.90 Å². The van der Waals surface area contributed by atoms with Crippen molar-refractivity contribution < 1.29 is 28.9 Å². The van der Waals surface area contributed by atoms with Crippen molar-refractivity contribution in [1.29, 1.82) is 0 Å². The monoisotopic (exact) mass is 399 g/mol. The van der Waals surface area contributed by atoms with E-state index in [9.17, 15) is 15.0 Å². The minimum absolute atomic E-state index is 0.00634. The predicted octanol–water partition coefficient (Wildman–Crippen LogP) is 4.23. The van der Waals surface area contributed by atoms with Crippen molar-refractivity contribution in [2.75, 3.05) is 33.4 Å². The summed E-state index contributed by atoms with van der Waals surface area (Å²) in [6.45, 7) is 7.34. The first kappa shape index (κ1) is 20.5. The van der Waals surface area contributed by atoms with Crippen LogP contribution >= 0.6 is 0 Å². The summed E-state index contributed by atoms with van der Waals surface area (Å²) in [7, 11) is 1.52. The van der Waals surface area contributed by atoms with Gasteiger partial charge >= 0.3 is 5.97 Å². The van der Waals surface area contributed by atoms with Gasteiger partial charge in [-0.2, -0.15) is 0 Å². The summed E-state index contributed by atoms with van der Waals surface area (Å²) in [5.74, 6) is -0.0985. The Labute approximate surface area is 169 Å². The van der Waals surface area contributed by atoms with E-state index in [1.165, 1.54) is 13.2 Å². The van der Waals surface area contributed by atoms with E-state index in [0.29, 0.717) is 29.1 Å². The summed E-state index contributed by atoms with van der Waals surface area (Å²) in [5.41, 5.74) is 0.650. The zero-order valence-electron chi connectivity index (χ0n) is 16.8. The summed E-state index contributed by atoms with van der Waals surface area (Å²) in [4.78, 5) is 14.1. The number of furan rings is 1. The van der Waals surface area contributed by atoms with Gasteiger partial charge in [0.2, 0.25) is 0 Å². The number of fused-ring (bicyclic) bond motifs is 1. The van der Waals surface area contributed by atoms with Crippen LogP contribution in [0.15, 0.2) is 40.8 Å². The molecule has 3 rings (SSSR count). The van der Waals surface area contributed by atoms with Crippen molar-refractivity contribution in [2.45, 2.75) is 13.8 Å². The number of carboxylic acid groups (broad SMARTS) is 1. The Hall–Kier alpha value is -3.19. The molecule has 0 atom stereocenters. The van der Waals surface area contributed by atoms with Crippen LogP contribution in [0.2, 0.25) is 0 Å². The zero-order valence-corrected chi connectivity index (χ0v) is 16.8. The number of phenolic OH excluding ortho intramolecular Hbond substituents is 1. The molecule has 7 heteroatoms. The lowest BCUT2D eigenvalue weighted by molar-refractivity contribution is 0.0699. The third kappa shape index (κ3) is 4.30. The molecule has 7 nitrogen and oxygen atoms in total. The van der Waals surface area contributed by atoms with Crippen LogP contribution in [-0.2, 0) is 0 Å². The van der Waals surface area contributed by atoms with Crippen LogP contribution in [-0.4, -0.2) is 54.4 Å². The number of methoxy groups -OCH3 is 1. The number of carbonyl (C=O) groups is 1. The zero-order chi connectivity index (χ0) is 21.0. The fourth-order valence-electron chi connectivity index (χ4n) is 3.23. The minimum atomic E-state index is -1.14. The quantitative estimate of drug-likeness (QED) is 0.556. The van der Waals surface area contributed by atoms with Crippen LogP contribution in [0.25, 0.3) is 22.3 Å². The SMILES string of the molecule is CCN(CC)CCOc1ccc(-c2oc3cc(OC)ccc3c2C(=O)O)c(O)c1. The Morgan fingerprint density at radius 2 is 1.83 bits per heavy atom. The van der Waals surface area contributed by atoms with Gasteiger partial charge in [0, 0.05) is 24.1 Å². The molecular weight excluding hydrogens is 374 g/mol. The second kappa shape index (κ2) is 8.87. The normalized spacial score (nSPS) is 11.2. The smallest absolute Gasteiger partial charge is 0.340 e. The van der Waals surface area contributed by atoms with Gasteiger partial charge in [-0.3, -0.25) is 0 Å². The Morgan fingerprint density at radius 1 is 1.10 bits per heavy atom. The van der Waals surface area contributed by atoms with E-state index in [1.807, 2.05) is 0 Å². The van der Waals surface area contributed by atoms with Crippen molar-refractivity contribution in [3.63, 3.8) is 0 Å². The van der Waals surface area contributed by atoms with Gasteiger partial charge in [-0.25, -0.2) is 4.79 Å². The van der Waals surface area contributed by atoms with Crippen molar-refractivity contribution >= 4 is 16.9 Å². The van der Waals surface area contributed by atoms with E-state index in [2.05, 4.69) is 18.7 Å². The van der Waals surface area contributed by atoms with Gasteiger partial charge in [-0.1, -0.05) is 13.8 Å². The minimum Gasteiger partial charge on any atom is -0.507 e. The maximum atomic E-state index is 11.9. The van der Waals surface area contributed by atoms with Crippen molar-refractivity contribution in [3.05, 3.63) is 42.0 Å². The first-order valence-electron chi connectivity index (χ1n) is 9.50. The molecule has 0 aliphatic heterocycles. The Bertz CT molecular complexity index is 1010. The molecule has 0 fully saturated rings. The van der Waals surface area contributed by atoms with E-state index >= 15 is 0 Å². The summed E-state index contributed by atoms with van der Waals surface area (Å²) < 4.78 is 16.7. The summed E-state index contributed by atoms with van der Waals surface area (Å²) in [6, 6.07) is 9.68. The summed E-state index contributed by atoms with van der Waals surface area (Å²) in [5, 5.41) is 20.6. The van der Waals surface area contributed by atoms with Crippen LogP contribution in [0.4, 0.5) is 0 Å². The molecule has 0 radical (unpaired) electrons. The van der Waals surface area contributed by atoms with Crippen molar-refractivity contribution in [2.24, 2.45) is 0 Å². The average molecular weight is 399 g/mol. The van der Waals surface area contributed by atoms with Gasteiger partial charge < -0.3 is 29.0 Å². The van der Waals surface area contributed by atoms with E-state index in [-0.39, 0.29) is 22.6 Å².